The second-order valence-electron chi connectivity index (χ2n) is 12.4. The van der Waals surface area contributed by atoms with Gasteiger partial charge >= 0.3 is 26.2 Å². The Balaban J connectivity index is 0.000000577. The van der Waals surface area contributed by atoms with Crippen molar-refractivity contribution in [3.05, 3.63) is 145 Å². The summed E-state index contributed by atoms with van der Waals surface area (Å²) in [4.78, 5) is 0. The number of fused-ring (bicyclic) bond motifs is 2. The maximum absolute atomic E-state index is 3.60. The van der Waals surface area contributed by atoms with E-state index in [0.717, 1.165) is 25.7 Å². The van der Waals surface area contributed by atoms with Gasteiger partial charge in [-0.15, -0.1) is 80.2 Å². The van der Waals surface area contributed by atoms with E-state index < -0.39 is 0 Å². The Bertz CT molecular complexity index is 1630. The van der Waals surface area contributed by atoms with Crippen LogP contribution in [0.3, 0.4) is 0 Å². The van der Waals surface area contributed by atoms with Crippen molar-refractivity contribution in [2.24, 2.45) is 0 Å². The molecule has 0 fully saturated rings. The van der Waals surface area contributed by atoms with Crippen molar-refractivity contribution in [1.82, 2.24) is 0 Å². The van der Waals surface area contributed by atoms with Crippen LogP contribution in [0.4, 0.5) is 0 Å². The molecule has 0 radical (unpaired) electrons. The van der Waals surface area contributed by atoms with Gasteiger partial charge in [-0.25, -0.2) is 0 Å². The van der Waals surface area contributed by atoms with Crippen LogP contribution >= 0.6 is 0 Å². The van der Waals surface area contributed by atoms with Crippen molar-refractivity contribution in [3.63, 3.8) is 0 Å². The van der Waals surface area contributed by atoms with Gasteiger partial charge in [-0.2, -0.15) is 12.8 Å². The zero-order valence-corrected chi connectivity index (χ0v) is 31.5. The number of unbranched alkanes of at least 4 members (excludes halogenated alkanes) is 2. The fourth-order valence-electron chi connectivity index (χ4n) is 6.61. The number of hydrogen-bond donors (Lipinski definition) is 0. The molecule has 0 aliphatic rings. The summed E-state index contributed by atoms with van der Waals surface area (Å²) in [6.07, 6.45) is 6.60. The largest absolute Gasteiger partial charge is 4.00 e. The quantitative estimate of drug-likeness (QED) is 0.140. The first-order chi connectivity index (χ1) is 21.9. The summed E-state index contributed by atoms with van der Waals surface area (Å²) in [5.41, 5.74) is 10.9. The van der Waals surface area contributed by atoms with Gasteiger partial charge in [0.25, 0.3) is 0 Å². The summed E-state index contributed by atoms with van der Waals surface area (Å²) in [6.45, 7) is 21.0. The Labute approximate surface area is 299 Å². The second-order valence-corrected chi connectivity index (χ2v) is 12.4. The molecule has 0 N–H and O–H groups in total. The Morgan fingerprint density at radius 3 is 1.17 bits per heavy atom. The van der Waals surface area contributed by atoms with Gasteiger partial charge in [-0.3, -0.25) is 0 Å². The standard InChI is InChI=1S/C37H34.2C4H9.Zr/c1-5-25-23-29-19-13-21-31(27-15-9-7-10-16-27)33(29)35(25)37(3,4)36-26(6-2)24-30-20-14-22-32(34(30)36)28-17-11-8-12-18-28;2*1-3-4-2;/h7-24H,5-6H2,1-4H3;2*1,3-4H2,2H3;/q-2;2*-1;+4. The average molecular weight is 684 g/mol. The molecule has 6 rings (SSSR count). The molecule has 0 spiro atoms. The zero-order valence-electron chi connectivity index (χ0n) is 29.0. The van der Waals surface area contributed by atoms with Crippen LogP contribution in [0, 0.1) is 13.8 Å². The third-order valence-corrected chi connectivity index (χ3v) is 8.88. The smallest absolute Gasteiger partial charge is 0.343 e. The topological polar surface area (TPSA) is 0 Å². The summed E-state index contributed by atoms with van der Waals surface area (Å²) in [7, 11) is 0. The van der Waals surface area contributed by atoms with E-state index in [1.54, 1.807) is 0 Å². The molecule has 0 unspecified atom stereocenters. The molecule has 6 aromatic rings. The van der Waals surface area contributed by atoms with Gasteiger partial charge in [-0.05, 0) is 24.0 Å². The van der Waals surface area contributed by atoms with Crippen LogP contribution in [0.15, 0.2) is 109 Å². The monoisotopic (exact) mass is 682 g/mol. The Morgan fingerprint density at radius 2 is 0.870 bits per heavy atom. The van der Waals surface area contributed by atoms with Gasteiger partial charge in [0.15, 0.2) is 0 Å². The predicted octanol–water partition coefficient (Wildman–Crippen LogP) is 13.5. The van der Waals surface area contributed by atoms with E-state index in [2.05, 4.69) is 165 Å². The molecule has 0 bridgehead atoms. The van der Waals surface area contributed by atoms with Gasteiger partial charge in [0.1, 0.15) is 0 Å². The van der Waals surface area contributed by atoms with Crippen LogP contribution in [0.25, 0.3) is 43.8 Å². The van der Waals surface area contributed by atoms with Crippen molar-refractivity contribution < 1.29 is 26.2 Å². The van der Waals surface area contributed by atoms with Gasteiger partial charge in [-0.1, -0.05) is 144 Å². The molecule has 0 saturated carbocycles. The van der Waals surface area contributed by atoms with Gasteiger partial charge in [0.05, 0.1) is 0 Å². The van der Waals surface area contributed by atoms with Crippen LogP contribution in [-0.4, -0.2) is 0 Å². The Kier molecular flexibility index (Phi) is 14.5. The van der Waals surface area contributed by atoms with E-state index in [0.29, 0.717) is 0 Å². The van der Waals surface area contributed by atoms with E-state index in [9.17, 15) is 0 Å². The van der Waals surface area contributed by atoms with Crippen LogP contribution in [0.2, 0.25) is 0 Å². The third kappa shape index (κ3) is 7.91. The second kappa shape index (κ2) is 17.8. The fraction of sp³-hybridized carbons (Fsp3) is 0.289. The number of rotatable bonds is 8. The van der Waals surface area contributed by atoms with Crippen molar-refractivity contribution in [2.75, 3.05) is 0 Å². The summed E-state index contributed by atoms with van der Waals surface area (Å²) in [5.74, 6) is 0. The molecule has 0 aromatic heterocycles. The maximum atomic E-state index is 3.60. The van der Waals surface area contributed by atoms with Gasteiger partial charge in [0.2, 0.25) is 0 Å². The zero-order chi connectivity index (χ0) is 32.4. The van der Waals surface area contributed by atoms with E-state index in [1.807, 2.05) is 0 Å². The van der Waals surface area contributed by atoms with Crippen LogP contribution in [0.5, 0.6) is 0 Å². The first kappa shape index (κ1) is 37.4. The summed E-state index contributed by atoms with van der Waals surface area (Å²) in [6, 6.07) is 40.3. The normalized spacial score (nSPS) is 11.0. The first-order valence-corrected chi connectivity index (χ1v) is 17.0. The van der Waals surface area contributed by atoms with E-state index >= 15 is 0 Å². The molecule has 236 valence electrons. The minimum Gasteiger partial charge on any atom is -0.343 e. The van der Waals surface area contributed by atoms with E-state index in [-0.39, 0.29) is 31.6 Å². The molecule has 0 aliphatic heterocycles. The van der Waals surface area contributed by atoms with Crippen molar-refractivity contribution in [2.45, 2.75) is 85.5 Å². The SMILES string of the molecule is CCc1[cH-]c2cccc(-c3ccccc3)c2c1C(C)(C)c1c(CC)[cH-]c2cccc(-c3ccccc3)c12.[CH2-]CCC.[CH2-]CCC.[Zr+4]. The van der Waals surface area contributed by atoms with Gasteiger partial charge < -0.3 is 13.8 Å². The molecular weight excluding hydrogens is 632 g/mol. The maximum Gasteiger partial charge on any atom is 4.00 e. The van der Waals surface area contributed by atoms with E-state index in [4.69, 9.17) is 0 Å². The van der Waals surface area contributed by atoms with Crippen molar-refractivity contribution >= 4 is 21.5 Å². The molecule has 0 amide bonds. The number of hydrogen-bond acceptors (Lipinski definition) is 0. The molecule has 1 heteroatoms. The number of benzene rings is 4. The first-order valence-electron chi connectivity index (χ1n) is 17.0. The molecular formula is C45H52Zr. The fourth-order valence-corrected chi connectivity index (χ4v) is 6.61. The van der Waals surface area contributed by atoms with Crippen LogP contribution < -0.4 is 0 Å². The summed E-state index contributed by atoms with van der Waals surface area (Å²) >= 11 is 0. The van der Waals surface area contributed by atoms with Gasteiger partial charge in [0, 0.05) is 0 Å². The Morgan fingerprint density at radius 1 is 0.522 bits per heavy atom. The van der Waals surface area contributed by atoms with Crippen LogP contribution in [0.1, 0.15) is 89.5 Å². The molecule has 6 aromatic carbocycles. The van der Waals surface area contributed by atoms with Crippen LogP contribution in [-0.2, 0) is 44.5 Å². The minimum absolute atomic E-state index is 0. The summed E-state index contributed by atoms with van der Waals surface area (Å²) < 4.78 is 0. The molecule has 0 saturated heterocycles. The van der Waals surface area contributed by atoms with Crippen molar-refractivity contribution in [1.29, 1.82) is 0 Å². The van der Waals surface area contributed by atoms with E-state index in [1.165, 1.54) is 78.9 Å². The molecule has 0 heterocycles. The minimum atomic E-state index is -0.171. The molecule has 0 atom stereocenters. The predicted molar refractivity (Wildman–Crippen MR) is 201 cm³/mol. The third-order valence-electron chi connectivity index (χ3n) is 8.88. The molecule has 0 aliphatic carbocycles. The van der Waals surface area contributed by atoms with Crippen molar-refractivity contribution in [3.8, 4) is 22.3 Å². The average Bonchev–Trinajstić information content (AvgIpc) is 3.69. The summed E-state index contributed by atoms with van der Waals surface area (Å²) in [5, 5.41) is 5.50. The number of aryl methyl sites for hydroxylation is 2. The molecule has 46 heavy (non-hydrogen) atoms. The molecule has 0 nitrogen and oxygen atoms in total. The Hall–Kier alpha value is -3.02.